The Bertz CT molecular complexity index is 654. The lowest BCUT2D eigenvalue weighted by molar-refractivity contribution is -0.384. The molecule has 5 nitrogen and oxygen atoms in total. The number of halogens is 3. The summed E-state index contributed by atoms with van der Waals surface area (Å²) in [5.74, 6) is 0.0468. The molecule has 2 N–H and O–H groups in total. The third kappa shape index (κ3) is 2.68. The maximum Gasteiger partial charge on any atom is 0.416 e. The fourth-order valence-electron chi connectivity index (χ4n) is 1.64. The minimum Gasteiger partial charge on any atom is -0.384 e. The van der Waals surface area contributed by atoms with Crippen LogP contribution in [0.3, 0.4) is 0 Å². The van der Waals surface area contributed by atoms with Crippen LogP contribution < -0.4 is 5.73 Å². The highest BCUT2D eigenvalue weighted by atomic mass is 19.4. The van der Waals surface area contributed by atoms with Gasteiger partial charge in [0.15, 0.2) is 5.69 Å². The van der Waals surface area contributed by atoms with Crippen molar-refractivity contribution in [1.82, 2.24) is 4.98 Å². The normalized spacial score (nSPS) is 11.3. The Labute approximate surface area is 111 Å². The number of nitrogens with zero attached hydrogens (tertiary/aromatic N) is 2. The van der Waals surface area contributed by atoms with Crippen molar-refractivity contribution in [3.8, 4) is 11.3 Å². The molecule has 0 radical (unpaired) electrons. The zero-order chi connectivity index (χ0) is 14.9. The first kappa shape index (κ1) is 13.8. The smallest absolute Gasteiger partial charge is 0.384 e. The van der Waals surface area contributed by atoms with Crippen molar-refractivity contribution < 1.29 is 18.1 Å². The summed E-state index contributed by atoms with van der Waals surface area (Å²) in [7, 11) is 0. The third-order valence-electron chi connectivity index (χ3n) is 2.58. The van der Waals surface area contributed by atoms with Crippen molar-refractivity contribution in [2.75, 3.05) is 5.73 Å². The van der Waals surface area contributed by atoms with Crippen LogP contribution >= 0.6 is 0 Å². The Morgan fingerprint density at radius 3 is 2.20 bits per heavy atom. The lowest BCUT2D eigenvalue weighted by atomic mass is 10.1. The van der Waals surface area contributed by atoms with Crippen LogP contribution in [0.15, 0.2) is 36.4 Å². The van der Waals surface area contributed by atoms with Crippen molar-refractivity contribution in [2.45, 2.75) is 6.18 Å². The molecule has 104 valence electrons. The molecule has 2 aromatic rings. The van der Waals surface area contributed by atoms with E-state index in [1.807, 2.05) is 0 Å². The highest BCUT2D eigenvalue weighted by Gasteiger charge is 2.30. The number of alkyl halides is 3. The van der Waals surface area contributed by atoms with Gasteiger partial charge in [0.05, 0.1) is 10.5 Å². The number of nitrogens with two attached hydrogens (primary N) is 1. The molecule has 0 spiro atoms. The van der Waals surface area contributed by atoms with E-state index in [0.29, 0.717) is 0 Å². The first-order chi connectivity index (χ1) is 9.29. The number of aromatic nitrogens is 1. The van der Waals surface area contributed by atoms with Crippen molar-refractivity contribution >= 4 is 11.5 Å². The molecule has 8 heteroatoms. The van der Waals surface area contributed by atoms with Crippen LogP contribution in [0.4, 0.5) is 24.7 Å². The molecule has 1 aromatic carbocycles. The van der Waals surface area contributed by atoms with Gasteiger partial charge in [-0.1, -0.05) is 12.1 Å². The van der Waals surface area contributed by atoms with E-state index in [1.54, 1.807) is 0 Å². The molecule has 0 aliphatic rings. The Hall–Kier alpha value is -2.64. The summed E-state index contributed by atoms with van der Waals surface area (Å²) in [6, 6.07) is 6.34. The lowest BCUT2D eigenvalue weighted by Crippen LogP contribution is -2.04. The fourth-order valence-corrected chi connectivity index (χ4v) is 1.64. The van der Waals surface area contributed by atoms with Gasteiger partial charge in [-0.2, -0.15) is 13.2 Å². The molecule has 0 bridgehead atoms. The van der Waals surface area contributed by atoms with Gasteiger partial charge < -0.3 is 5.73 Å². The van der Waals surface area contributed by atoms with Gasteiger partial charge in [0.1, 0.15) is 5.82 Å². The molecule has 0 atom stereocenters. The average molecular weight is 283 g/mol. The molecular weight excluding hydrogens is 275 g/mol. The standard InChI is InChI=1S/C12H8F3N3O2/c13-12(14,15)8-3-1-7(2-4-8)11-9(18(19)20)5-6-10(16)17-11/h1-6H,(H2,16,17). The number of rotatable bonds is 2. The first-order valence-corrected chi connectivity index (χ1v) is 5.37. The Morgan fingerprint density at radius 2 is 1.70 bits per heavy atom. The molecule has 0 saturated carbocycles. The molecule has 1 aromatic heterocycles. The van der Waals surface area contributed by atoms with Gasteiger partial charge in [0.2, 0.25) is 0 Å². The largest absolute Gasteiger partial charge is 0.416 e. The highest BCUT2D eigenvalue weighted by Crippen LogP contribution is 2.33. The van der Waals surface area contributed by atoms with E-state index in [0.717, 1.165) is 30.3 Å². The minimum atomic E-state index is -4.46. The summed E-state index contributed by atoms with van der Waals surface area (Å²) in [5, 5.41) is 10.9. The van der Waals surface area contributed by atoms with Crippen LogP contribution in [0, 0.1) is 10.1 Å². The second-order valence-electron chi connectivity index (χ2n) is 3.94. The molecule has 0 aliphatic carbocycles. The second-order valence-corrected chi connectivity index (χ2v) is 3.94. The Morgan fingerprint density at radius 1 is 1.10 bits per heavy atom. The molecule has 0 amide bonds. The van der Waals surface area contributed by atoms with Crippen LogP contribution in [0.2, 0.25) is 0 Å². The Kier molecular flexibility index (Phi) is 3.31. The first-order valence-electron chi connectivity index (χ1n) is 5.37. The molecule has 1 heterocycles. The number of benzene rings is 1. The third-order valence-corrected chi connectivity index (χ3v) is 2.58. The summed E-state index contributed by atoms with van der Waals surface area (Å²) in [4.78, 5) is 14.0. The van der Waals surface area contributed by atoms with Crippen LogP contribution in [0.5, 0.6) is 0 Å². The van der Waals surface area contributed by atoms with Gasteiger partial charge in [0, 0.05) is 11.6 Å². The predicted molar refractivity (Wildman–Crippen MR) is 65.7 cm³/mol. The van der Waals surface area contributed by atoms with Crippen LogP contribution in [-0.4, -0.2) is 9.91 Å². The van der Waals surface area contributed by atoms with Gasteiger partial charge in [0.25, 0.3) is 5.69 Å². The van der Waals surface area contributed by atoms with E-state index < -0.39 is 16.7 Å². The molecule has 2 rings (SSSR count). The highest BCUT2D eigenvalue weighted by molar-refractivity contribution is 5.71. The average Bonchev–Trinajstić information content (AvgIpc) is 2.37. The minimum absolute atomic E-state index is 0.0468. The van der Waals surface area contributed by atoms with E-state index in [4.69, 9.17) is 5.73 Å². The molecular formula is C12H8F3N3O2. The monoisotopic (exact) mass is 283 g/mol. The topological polar surface area (TPSA) is 82.0 Å². The molecule has 20 heavy (non-hydrogen) atoms. The van der Waals surface area contributed by atoms with Gasteiger partial charge >= 0.3 is 6.18 Å². The van der Waals surface area contributed by atoms with Gasteiger partial charge in [-0.05, 0) is 18.2 Å². The summed E-state index contributed by atoms with van der Waals surface area (Å²) >= 11 is 0. The maximum absolute atomic E-state index is 12.4. The molecule has 0 saturated heterocycles. The summed E-state index contributed by atoms with van der Waals surface area (Å²) < 4.78 is 37.3. The van der Waals surface area contributed by atoms with Gasteiger partial charge in [-0.3, -0.25) is 10.1 Å². The number of hydrogen-bond donors (Lipinski definition) is 1. The van der Waals surface area contributed by atoms with Crippen molar-refractivity contribution in [1.29, 1.82) is 0 Å². The van der Waals surface area contributed by atoms with Gasteiger partial charge in [-0.15, -0.1) is 0 Å². The number of hydrogen-bond acceptors (Lipinski definition) is 4. The van der Waals surface area contributed by atoms with E-state index >= 15 is 0 Å². The second kappa shape index (κ2) is 4.80. The lowest BCUT2D eigenvalue weighted by Gasteiger charge is -2.08. The Balaban J connectivity index is 2.52. The van der Waals surface area contributed by atoms with Crippen molar-refractivity contribution in [2.24, 2.45) is 0 Å². The predicted octanol–water partition coefficient (Wildman–Crippen LogP) is 3.26. The SMILES string of the molecule is Nc1ccc([N+](=O)[O-])c(-c2ccc(C(F)(F)F)cc2)n1. The zero-order valence-electron chi connectivity index (χ0n) is 9.89. The van der Waals surface area contributed by atoms with Crippen LogP contribution in [0.1, 0.15) is 5.56 Å². The van der Waals surface area contributed by atoms with E-state index in [2.05, 4.69) is 4.98 Å². The maximum atomic E-state index is 12.4. The van der Waals surface area contributed by atoms with Gasteiger partial charge in [-0.25, -0.2) is 4.98 Å². The molecule has 0 unspecified atom stereocenters. The van der Waals surface area contributed by atoms with Crippen molar-refractivity contribution in [3.63, 3.8) is 0 Å². The number of nitro groups is 1. The van der Waals surface area contributed by atoms with Crippen molar-refractivity contribution in [3.05, 3.63) is 52.1 Å². The number of anilines is 1. The summed E-state index contributed by atoms with van der Waals surface area (Å²) in [6.07, 6.45) is -4.46. The number of pyridine rings is 1. The fraction of sp³-hybridized carbons (Fsp3) is 0.0833. The van der Waals surface area contributed by atoms with Crippen LogP contribution in [0.25, 0.3) is 11.3 Å². The quantitative estimate of drug-likeness (QED) is 0.677. The van der Waals surface area contributed by atoms with Crippen LogP contribution in [-0.2, 0) is 6.18 Å². The van der Waals surface area contributed by atoms with E-state index in [9.17, 15) is 23.3 Å². The molecule has 0 fully saturated rings. The summed E-state index contributed by atoms with van der Waals surface area (Å²) in [5.41, 5.74) is 4.42. The zero-order valence-corrected chi connectivity index (χ0v) is 9.89. The molecule has 0 aliphatic heterocycles. The van der Waals surface area contributed by atoms with E-state index in [-0.39, 0.29) is 22.8 Å². The number of nitrogen functional groups attached to an aromatic ring is 1. The van der Waals surface area contributed by atoms with E-state index in [1.165, 1.54) is 6.07 Å². The summed E-state index contributed by atoms with van der Waals surface area (Å²) in [6.45, 7) is 0.